The van der Waals surface area contributed by atoms with Gasteiger partial charge in [-0.15, -0.1) is 10.2 Å². The van der Waals surface area contributed by atoms with E-state index in [1.54, 1.807) is 23.1 Å². The van der Waals surface area contributed by atoms with Crippen molar-refractivity contribution in [2.45, 2.75) is 55.9 Å². The summed E-state index contributed by atoms with van der Waals surface area (Å²) in [6.07, 6.45) is 7.44. The number of aromatic nitrogens is 3. The van der Waals surface area contributed by atoms with Gasteiger partial charge in [0.1, 0.15) is 11.6 Å². The van der Waals surface area contributed by atoms with Crippen LogP contribution in [-0.2, 0) is 22.8 Å². The second kappa shape index (κ2) is 7.66. The fraction of sp³-hybridized carbons (Fsp3) is 0.550. The Morgan fingerprint density at radius 2 is 1.89 bits per heavy atom. The van der Waals surface area contributed by atoms with Crippen molar-refractivity contribution in [2.75, 3.05) is 19.3 Å². The number of carbonyl (C=O) groups excluding carboxylic acids is 1. The summed E-state index contributed by atoms with van der Waals surface area (Å²) in [5, 5.41) is 8.86. The van der Waals surface area contributed by atoms with Crippen molar-refractivity contribution in [3.8, 4) is 0 Å². The first-order valence-corrected chi connectivity index (χ1v) is 11.8. The van der Waals surface area contributed by atoms with Crippen LogP contribution in [0.3, 0.4) is 0 Å². The highest BCUT2D eigenvalue weighted by molar-refractivity contribution is 7.90. The van der Waals surface area contributed by atoms with Crippen LogP contribution in [0.25, 0.3) is 0 Å². The van der Waals surface area contributed by atoms with Crippen LogP contribution in [0.2, 0.25) is 0 Å². The summed E-state index contributed by atoms with van der Waals surface area (Å²) in [5.74, 6) is 1.95. The Labute approximate surface area is 165 Å². The Hall–Kier alpha value is -2.22. The number of piperidine rings is 1. The van der Waals surface area contributed by atoms with Gasteiger partial charge in [-0.2, -0.15) is 0 Å². The molecule has 2 aromatic rings. The molecule has 150 valence electrons. The largest absolute Gasteiger partial charge is 0.338 e. The standard InChI is InChI=1S/C20H26N4O3S/c1-28(26,27)17-10-5-4-9-16(17)20(25)23-12-7-8-15(14-23)19-22-21-18-11-3-2-6-13-24(18)19/h4-5,9-10,15H,2-3,6-8,11-14H2,1H3. The van der Waals surface area contributed by atoms with E-state index < -0.39 is 9.84 Å². The van der Waals surface area contributed by atoms with E-state index in [0.717, 1.165) is 56.6 Å². The van der Waals surface area contributed by atoms with Gasteiger partial charge >= 0.3 is 0 Å². The first-order chi connectivity index (χ1) is 13.4. The van der Waals surface area contributed by atoms with Gasteiger partial charge in [0.05, 0.1) is 10.5 Å². The van der Waals surface area contributed by atoms with Gasteiger partial charge in [0.25, 0.3) is 5.91 Å². The molecule has 2 aliphatic heterocycles. The van der Waals surface area contributed by atoms with Crippen molar-refractivity contribution >= 4 is 15.7 Å². The van der Waals surface area contributed by atoms with Crippen molar-refractivity contribution < 1.29 is 13.2 Å². The maximum Gasteiger partial charge on any atom is 0.255 e. The van der Waals surface area contributed by atoms with E-state index in [-0.39, 0.29) is 22.3 Å². The van der Waals surface area contributed by atoms with E-state index >= 15 is 0 Å². The second-order valence-corrected chi connectivity index (χ2v) is 9.78. The number of amides is 1. The molecular weight excluding hydrogens is 376 g/mol. The lowest BCUT2D eigenvalue weighted by Gasteiger charge is -2.33. The van der Waals surface area contributed by atoms with Crippen LogP contribution in [-0.4, -0.2) is 53.3 Å². The zero-order valence-corrected chi connectivity index (χ0v) is 17.0. The molecule has 4 rings (SSSR count). The predicted octanol–water partition coefficient (Wildman–Crippen LogP) is 2.43. The molecule has 8 heteroatoms. The molecule has 0 saturated carbocycles. The molecule has 1 saturated heterocycles. The van der Waals surface area contributed by atoms with Crippen molar-refractivity contribution in [1.82, 2.24) is 19.7 Å². The Kier molecular flexibility index (Phi) is 5.23. The normalized spacial score (nSPS) is 20.5. The number of hydrogen-bond acceptors (Lipinski definition) is 5. The van der Waals surface area contributed by atoms with Crippen LogP contribution in [0.4, 0.5) is 0 Å². The molecule has 0 radical (unpaired) electrons. The Balaban J connectivity index is 1.59. The fourth-order valence-electron chi connectivity index (χ4n) is 4.32. The van der Waals surface area contributed by atoms with Crippen LogP contribution < -0.4 is 0 Å². The summed E-state index contributed by atoms with van der Waals surface area (Å²) in [6, 6.07) is 6.47. The molecule has 0 spiro atoms. The third kappa shape index (κ3) is 3.70. The lowest BCUT2D eigenvalue weighted by molar-refractivity contribution is 0.0699. The van der Waals surface area contributed by atoms with Gasteiger partial charge < -0.3 is 9.47 Å². The number of carbonyl (C=O) groups is 1. The number of nitrogens with zero attached hydrogens (tertiary/aromatic N) is 4. The first-order valence-electron chi connectivity index (χ1n) is 9.95. The zero-order valence-electron chi connectivity index (χ0n) is 16.2. The van der Waals surface area contributed by atoms with Crippen LogP contribution in [0.1, 0.15) is 60.0 Å². The molecule has 1 atom stereocenters. The third-order valence-corrected chi connectivity index (χ3v) is 6.88. The maximum absolute atomic E-state index is 13.1. The maximum atomic E-state index is 13.1. The van der Waals surface area contributed by atoms with E-state index in [9.17, 15) is 13.2 Å². The molecule has 1 fully saturated rings. The highest BCUT2D eigenvalue weighted by atomic mass is 32.2. The van der Waals surface area contributed by atoms with Crippen molar-refractivity contribution in [1.29, 1.82) is 0 Å². The van der Waals surface area contributed by atoms with E-state index in [0.29, 0.717) is 13.1 Å². The quantitative estimate of drug-likeness (QED) is 0.787. The summed E-state index contributed by atoms with van der Waals surface area (Å²) in [6.45, 7) is 2.13. The van der Waals surface area contributed by atoms with Crippen molar-refractivity contribution in [3.05, 3.63) is 41.5 Å². The lowest BCUT2D eigenvalue weighted by Crippen LogP contribution is -2.40. The van der Waals surface area contributed by atoms with Crippen LogP contribution in [0.15, 0.2) is 29.2 Å². The molecule has 7 nitrogen and oxygen atoms in total. The van der Waals surface area contributed by atoms with Crippen LogP contribution >= 0.6 is 0 Å². The molecule has 3 heterocycles. The Morgan fingerprint density at radius 3 is 2.71 bits per heavy atom. The molecule has 1 unspecified atom stereocenters. The monoisotopic (exact) mass is 402 g/mol. The minimum atomic E-state index is -3.46. The van der Waals surface area contributed by atoms with Crippen molar-refractivity contribution in [3.63, 3.8) is 0 Å². The van der Waals surface area contributed by atoms with Gasteiger partial charge in [-0.25, -0.2) is 8.42 Å². The molecule has 1 amide bonds. The minimum Gasteiger partial charge on any atom is -0.338 e. The smallest absolute Gasteiger partial charge is 0.255 e. The SMILES string of the molecule is CS(=O)(=O)c1ccccc1C(=O)N1CCCC(c2nnc3n2CCCCC3)C1. The van der Waals surface area contributed by atoms with Gasteiger partial charge in [0.15, 0.2) is 9.84 Å². The van der Waals surface area contributed by atoms with Crippen LogP contribution in [0.5, 0.6) is 0 Å². The number of fused-ring (bicyclic) bond motifs is 1. The zero-order chi connectivity index (χ0) is 19.7. The molecule has 2 aliphatic rings. The number of aryl methyl sites for hydroxylation is 1. The van der Waals surface area contributed by atoms with Gasteiger partial charge in [0.2, 0.25) is 0 Å². The topological polar surface area (TPSA) is 85.2 Å². The third-order valence-electron chi connectivity index (χ3n) is 5.73. The van der Waals surface area contributed by atoms with Crippen molar-refractivity contribution in [2.24, 2.45) is 0 Å². The summed E-state index contributed by atoms with van der Waals surface area (Å²) in [7, 11) is -3.46. The number of likely N-dealkylation sites (tertiary alicyclic amines) is 1. The number of rotatable bonds is 3. The second-order valence-electron chi connectivity index (χ2n) is 7.80. The fourth-order valence-corrected chi connectivity index (χ4v) is 5.20. The van der Waals surface area contributed by atoms with E-state index in [4.69, 9.17) is 0 Å². The van der Waals surface area contributed by atoms with Gasteiger partial charge in [-0.1, -0.05) is 18.6 Å². The average Bonchev–Trinajstić information content (AvgIpc) is 2.95. The van der Waals surface area contributed by atoms with E-state index in [2.05, 4.69) is 14.8 Å². The molecule has 28 heavy (non-hydrogen) atoms. The summed E-state index contributed by atoms with van der Waals surface area (Å²) < 4.78 is 26.4. The number of hydrogen-bond donors (Lipinski definition) is 0. The predicted molar refractivity (Wildman–Crippen MR) is 105 cm³/mol. The van der Waals surface area contributed by atoms with Gasteiger partial charge in [-0.05, 0) is 37.8 Å². The summed E-state index contributed by atoms with van der Waals surface area (Å²) in [5.41, 5.74) is 0.255. The van der Waals surface area contributed by atoms with E-state index in [1.807, 2.05) is 0 Å². The van der Waals surface area contributed by atoms with Crippen LogP contribution in [0, 0.1) is 0 Å². The molecule has 1 aromatic carbocycles. The number of sulfone groups is 1. The van der Waals surface area contributed by atoms with E-state index in [1.165, 1.54) is 12.5 Å². The average molecular weight is 403 g/mol. The highest BCUT2D eigenvalue weighted by Crippen LogP contribution is 2.29. The first kappa shape index (κ1) is 19.1. The minimum absolute atomic E-state index is 0.0958. The number of benzene rings is 1. The molecule has 0 aliphatic carbocycles. The Bertz CT molecular complexity index is 983. The summed E-state index contributed by atoms with van der Waals surface area (Å²) >= 11 is 0. The van der Waals surface area contributed by atoms with Gasteiger partial charge in [0, 0.05) is 38.2 Å². The van der Waals surface area contributed by atoms with Gasteiger partial charge in [-0.3, -0.25) is 4.79 Å². The highest BCUT2D eigenvalue weighted by Gasteiger charge is 2.31. The summed E-state index contributed by atoms with van der Waals surface area (Å²) in [4.78, 5) is 15.0. The molecule has 0 N–H and O–H groups in total. The molecule has 0 bridgehead atoms. The lowest BCUT2D eigenvalue weighted by atomic mass is 9.96. The Morgan fingerprint density at radius 1 is 1.07 bits per heavy atom. The molecule has 1 aromatic heterocycles. The molecular formula is C20H26N4O3S.